The lowest BCUT2D eigenvalue weighted by atomic mass is 10.2. The first-order valence-electron chi connectivity index (χ1n) is 10.3. The van der Waals surface area contributed by atoms with Crippen molar-refractivity contribution in [1.29, 1.82) is 0 Å². The summed E-state index contributed by atoms with van der Waals surface area (Å²) in [6, 6.07) is 5.39. The van der Waals surface area contributed by atoms with Crippen LogP contribution in [0.5, 0.6) is 0 Å². The van der Waals surface area contributed by atoms with Gasteiger partial charge in [-0.3, -0.25) is 4.79 Å². The average molecular weight is 440 g/mol. The first-order chi connectivity index (χ1) is 15.2. The molecule has 1 aliphatic heterocycles. The molecular weight excluding hydrogens is 418 g/mol. The van der Waals surface area contributed by atoms with Crippen LogP contribution in [0.4, 0.5) is 5.82 Å². The van der Waals surface area contributed by atoms with Gasteiger partial charge in [0.15, 0.2) is 11.5 Å². The molecule has 0 amide bonds. The number of piperazine rings is 1. The van der Waals surface area contributed by atoms with E-state index in [9.17, 15) is 4.79 Å². The predicted octanol–water partition coefficient (Wildman–Crippen LogP) is 1.07. The van der Waals surface area contributed by atoms with Crippen LogP contribution in [0.1, 0.15) is 12.2 Å². The van der Waals surface area contributed by atoms with Crippen molar-refractivity contribution >= 4 is 34.0 Å². The van der Waals surface area contributed by atoms with Gasteiger partial charge in [-0.15, -0.1) is 0 Å². The lowest BCUT2D eigenvalue weighted by Gasteiger charge is -2.32. The second-order valence-electron chi connectivity index (χ2n) is 7.32. The van der Waals surface area contributed by atoms with Gasteiger partial charge in [-0.1, -0.05) is 17.7 Å². The Hall–Kier alpha value is -3.24. The highest BCUT2D eigenvalue weighted by atomic mass is 35.5. The lowest BCUT2D eigenvalue weighted by molar-refractivity contribution is 0.465. The molecule has 0 saturated carbocycles. The Morgan fingerprint density at radius 2 is 2.06 bits per heavy atom. The Balaban J connectivity index is 1.40. The number of halogens is 1. The third-order valence-corrected chi connectivity index (χ3v) is 5.65. The van der Waals surface area contributed by atoms with Crippen molar-refractivity contribution in [3.63, 3.8) is 0 Å². The van der Waals surface area contributed by atoms with Crippen molar-refractivity contribution in [1.82, 2.24) is 34.6 Å². The zero-order valence-electron chi connectivity index (χ0n) is 16.8. The third-order valence-electron chi connectivity index (χ3n) is 5.33. The van der Waals surface area contributed by atoms with Gasteiger partial charge >= 0.3 is 0 Å². The van der Waals surface area contributed by atoms with E-state index < -0.39 is 0 Å². The Morgan fingerprint density at radius 3 is 2.94 bits per heavy atom. The van der Waals surface area contributed by atoms with E-state index in [4.69, 9.17) is 16.6 Å². The van der Waals surface area contributed by atoms with Crippen LogP contribution in [-0.4, -0.2) is 62.0 Å². The van der Waals surface area contributed by atoms with Crippen molar-refractivity contribution in [3.05, 3.63) is 58.1 Å². The first-order valence-corrected chi connectivity index (χ1v) is 10.6. The van der Waals surface area contributed by atoms with E-state index in [1.807, 2.05) is 12.1 Å². The fourth-order valence-corrected chi connectivity index (χ4v) is 4.12. The van der Waals surface area contributed by atoms with Gasteiger partial charge in [0.2, 0.25) is 0 Å². The number of fused-ring (bicyclic) bond motifs is 2. The number of aromatic nitrogens is 6. The van der Waals surface area contributed by atoms with E-state index in [-0.39, 0.29) is 5.56 Å². The molecule has 31 heavy (non-hydrogen) atoms. The van der Waals surface area contributed by atoms with Crippen LogP contribution < -0.4 is 21.2 Å². The summed E-state index contributed by atoms with van der Waals surface area (Å²) in [4.78, 5) is 26.7. The number of aryl methyl sites for hydroxylation is 1. The fourth-order valence-electron chi connectivity index (χ4n) is 3.87. The van der Waals surface area contributed by atoms with E-state index in [1.165, 1.54) is 6.33 Å². The first kappa shape index (κ1) is 19.7. The number of anilines is 1. The second-order valence-corrected chi connectivity index (χ2v) is 7.72. The van der Waals surface area contributed by atoms with Crippen LogP contribution in [-0.2, 0) is 6.42 Å². The molecule has 2 N–H and O–H groups in total. The zero-order chi connectivity index (χ0) is 21.2. The molecule has 160 valence electrons. The largest absolute Gasteiger partial charge is 0.367 e. The van der Waals surface area contributed by atoms with Crippen molar-refractivity contribution in [3.8, 4) is 0 Å². The molecule has 0 aliphatic carbocycles. The summed E-state index contributed by atoms with van der Waals surface area (Å²) in [6.07, 6.45) is 6.35. The lowest BCUT2D eigenvalue weighted by Crippen LogP contribution is -2.54. The van der Waals surface area contributed by atoms with Crippen molar-refractivity contribution < 1.29 is 0 Å². The van der Waals surface area contributed by atoms with Crippen LogP contribution in [0, 0.1) is 0 Å². The normalized spacial score (nSPS) is 14.4. The van der Waals surface area contributed by atoms with Crippen molar-refractivity contribution in [2.45, 2.75) is 12.8 Å². The van der Waals surface area contributed by atoms with Gasteiger partial charge < -0.3 is 15.6 Å². The van der Waals surface area contributed by atoms with Gasteiger partial charge in [0.25, 0.3) is 5.56 Å². The van der Waals surface area contributed by atoms with E-state index in [2.05, 4.69) is 30.7 Å². The average Bonchev–Trinajstić information content (AvgIpc) is 3.27. The van der Waals surface area contributed by atoms with Gasteiger partial charge in [0.05, 0.1) is 15.9 Å². The minimum atomic E-state index is -0.115. The summed E-state index contributed by atoms with van der Waals surface area (Å²) in [7, 11) is 0. The van der Waals surface area contributed by atoms with Crippen LogP contribution >= 0.6 is 11.6 Å². The number of hydrogen-bond acceptors (Lipinski definition) is 8. The standard InChI is InChI=1S/C20H22ClN9O/c21-14-3-1-4-15-17(14)20(31)30(28-10-7-22-8-11-28)16(27-15)5-2-6-23-18-19-24-9-12-29(19)26-13-25-18/h1,3-4,9,12-13,22H,2,5-8,10-11H2,(H,23,25,26). The SMILES string of the molecule is O=c1c2c(Cl)cccc2nc(CCCNc2ncnn3ccnc23)n1N1CCNCC1. The molecule has 4 aromatic rings. The van der Waals surface area contributed by atoms with Crippen molar-refractivity contribution in [2.24, 2.45) is 0 Å². The predicted molar refractivity (Wildman–Crippen MR) is 119 cm³/mol. The number of nitrogens with one attached hydrogen (secondary N) is 2. The molecule has 5 rings (SSSR count). The molecule has 0 spiro atoms. The molecule has 0 bridgehead atoms. The maximum Gasteiger partial charge on any atom is 0.281 e. The smallest absolute Gasteiger partial charge is 0.281 e. The number of nitrogens with zero attached hydrogens (tertiary/aromatic N) is 7. The summed E-state index contributed by atoms with van der Waals surface area (Å²) in [5, 5.41) is 13.7. The molecule has 1 aliphatic rings. The molecule has 1 fully saturated rings. The van der Waals surface area contributed by atoms with Gasteiger partial charge in [-0.2, -0.15) is 5.10 Å². The Labute approximate surface area is 182 Å². The van der Waals surface area contributed by atoms with Crippen LogP contribution in [0.2, 0.25) is 5.02 Å². The summed E-state index contributed by atoms with van der Waals surface area (Å²) in [5.74, 6) is 1.41. The molecule has 10 nitrogen and oxygen atoms in total. The number of benzene rings is 1. The van der Waals surface area contributed by atoms with E-state index in [0.29, 0.717) is 40.4 Å². The highest BCUT2D eigenvalue weighted by molar-refractivity contribution is 6.35. The monoisotopic (exact) mass is 439 g/mol. The van der Waals surface area contributed by atoms with E-state index in [0.717, 1.165) is 38.4 Å². The summed E-state index contributed by atoms with van der Waals surface area (Å²) >= 11 is 6.34. The summed E-state index contributed by atoms with van der Waals surface area (Å²) in [6.45, 7) is 3.78. The molecule has 0 radical (unpaired) electrons. The fraction of sp³-hybridized carbons (Fsp3) is 0.350. The Morgan fingerprint density at radius 1 is 1.19 bits per heavy atom. The van der Waals surface area contributed by atoms with Crippen LogP contribution in [0.25, 0.3) is 16.6 Å². The third kappa shape index (κ3) is 3.79. The second kappa shape index (κ2) is 8.48. The number of rotatable bonds is 6. The van der Waals surface area contributed by atoms with Gasteiger partial charge in [-0.05, 0) is 18.6 Å². The van der Waals surface area contributed by atoms with E-state index >= 15 is 0 Å². The van der Waals surface area contributed by atoms with Crippen LogP contribution in [0.3, 0.4) is 0 Å². The molecule has 1 saturated heterocycles. The molecule has 1 aromatic carbocycles. The highest BCUT2D eigenvalue weighted by Crippen LogP contribution is 2.19. The summed E-state index contributed by atoms with van der Waals surface area (Å²) in [5.41, 5.74) is 1.19. The van der Waals surface area contributed by atoms with Crippen LogP contribution in [0.15, 0.2) is 41.7 Å². The summed E-state index contributed by atoms with van der Waals surface area (Å²) < 4.78 is 3.39. The molecule has 0 unspecified atom stereocenters. The number of imidazole rings is 1. The Bertz CT molecular complexity index is 1280. The minimum absolute atomic E-state index is 0.115. The van der Waals surface area contributed by atoms with Gasteiger partial charge in [0.1, 0.15) is 12.2 Å². The topological polar surface area (TPSA) is 105 Å². The molecule has 0 atom stereocenters. The van der Waals surface area contributed by atoms with Gasteiger partial charge in [0, 0.05) is 51.5 Å². The molecule has 4 heterocycles. The quantitative estimate of drug-likeness (QED) is 0.430. The number of hydrogen-bond donors (Lipinski definition) is 2. The molecular formula is C20H22ClN9O. The maximum absolute atomic E-state index is 13.4. The van der Waals surface area contributed by atoms with E-state index in [1.54, 1.807) is 27.7 Å². The minimum Gasteiger partial charge on any atom is -0.367 e. The maximum atomic E-state index is 13.4. The van der Waals surface area contributed by atoms with Gasteiger partial charge in [-0.25, -0.2) is 24.1 Å². The Kier molecular flexibility index (Phi) is 5.39. The highest BCUT2D eigenvalue weighted by Gasteiger charge is 2.19. The molecule has 3 aromatic heterocycles. The zero-order valence-corrected chi connectivity index (χ0v) is 17.6. The van der Waals surface area contributed by atoms with Crippen molar-refractivity contribution in [2.75, 3.05) is 43.0 Å². The molecule has 11 heteroatoms.